The van der Waals surface area contributed by atoms with E-state index in [9.17, 15) is 4.79 Å². The topological polar surface area (TPSA) is 35.5 Å². The minimum Gasteiger partial charge on any atom is -0.458 e. The van der Waals surface area contributed by atoms with Crippen LogP contribution in [0, 0.1) is 5.41 Å². The lowest BCUT2D eigenvalue weighted by Gasteiger charge is -2.35. The smallest absolute Gasteiger partial charge is 0.335 e. The molecule has 1 rings (SSSR count). The lowest BCUT2D eigenvalue weighted by Crippen LogP contribution is -2.36. The van der Waals surface area contributed by atoms with Gasteiger partial charge in [0.1, 0.15) is 5.60 Å². The minimum absolute atomic E-state index is 0.209. The van der Waals surface area contributed by atoms with E-state index in [1.54, 1.807) is 6.92 Å². The fraction of sp³-hybridized carbons (Fsp3) is 0.933. The second-order valence-electron chi connectivity index (χ2n) is 7.18. The van der Waals surface area contributed by atoms with E-state index < -0.39 is 11.7 Å². The van der Waals surface area contributed by atoms with E-state index >= 15 is 0 Å². The quantitative estimate of drug-likeness (QED) is 0.722. The molecule has 0 aromatic rings. The molecule has 0 amide bonds. The zero-order chi connectivity index (χ0) is 14.0. The molecule has 18 heavy (non-hydrogen) atoms. The summed E-state index contributed by atoms with van der Waals surface area (Å²) in [4.78, 5) is 11.8. The van der Waals surface area contributed by atoms with Gasteiger partial charge in [0.2, 0.25) is 0 Å². The van der Waals surface area contributed by atoms with Gasteiger partial charge in [-0.25, -0.2) is 4.79 Å². The third kappa shape index (κ3) is 5.38. The van der Waals surface area contributed by atoms with Gasteiger partial charge in [0.25, 0.3) is 0 Å². The number of carbonyl (C=O) groups excluding carboxylic acids is 1. The SMILES string of the molecule is CC(OC1CCC(C)(C)CC1)C(=O)OC(C)(C)C. The summed E-state index contributed by atoms with van der Waals surface area (Å²) in [6.45, 7) is 12.0. The molecule has 0 aliphatic heterocycles. The number of carbonyl (C=O) groups is 1. The number of ether oxygens (including phenoxy) is 2. The first-order valence-corrected chi connectivity index (χ1v) is 6.97. The van der Waals surface area contributed by atoms with Crippen molar-refractivity contribution in [2.24, 2.45) is 5.41 Å². The molecule has 1 fully saturated rings. The van der Waals surface area contributed by atoms with E-state index in [0.717, 1.165) is 12.8 Å². The molecule has 3 heteroatoms. The summed E-state index contributed by atoms with van der Waals surface area (Å²) in [7, 11) is 0. The van der Waals surface area contributed by atoms with Gasteiger partial charge in [-0.15, -0.1) is 0 Å². The Labute approximate surface area is 111 Å². The van der Waals surface area contributed by atoms with Crippen LogP contribution in [0.25, 0.3) is 0 Å². The molecule has 1 aliphatic carbocycles. The van der Waals surface area contributed by atoms with Crippen LogP contribution in [0.15, 0.2) is 0 Å². The zero-order valence-electron chi connectivity index (χ0n) is 12.7. The highest BCUT2D eigenvalue weighted by atomic mass is 16.6. The maximum absolute atomic E-state index is 11.8. The Morgan fingerprint density at radius 1 is 1.22 bits per heavy atom. The first-order valence-electron chi connectivity index (χ1n) is 6.97. The summed E-state index contributed by atoms with van der Waals surface area (Å²) in [6, 6.07) is 0. The molecule has 106 valence electrons. The molecule has 0 heterocycles. The van der Waals surface area contributed by atoms with E-state index in [0.29, 0.717) is 5.41 Å². The highest BCUT2D eigenvalue weighted by Crippen LogP contribution is 2.36. The van der Waals surface area contributed by atoms with Crippen molar-refractivity contribution in [3.05, 3.63) is 0 Å². The Morgan fingerprint density at radius 2 is 1.72 bits per heavy atom. The average Bonchev–Trinajstić information content (AvgIpc) is 2.18. The minimum atomic E-state index is -0.463. The molecule has 0 radical (unpaired) electrons. The molecule has 1 atom stereocenters. The van der Waals surface area contributed by atoms with Gasteiger partial charge in [0, 0.05) is 0 Å². The predicted octanol–water partition coefficient (Wildman–Crippen LogP) is 3.70. The first kappa shape index (κ1) is 15.5. The second-order valence-corrected chi connectivity index (χ2v) is 7.18. The summed E-state index contributed by atoms with van der Waals surface area (Å²) in [5.74, 6) is -0.257. The van der Waals surface area contributed by atoms with Crippen LogP contribution in [0.3, 0.4) is 0 Å². The Hall–Kier alpha value is -0.570. The van der Waals surface area contributed by atoms with E-state index in [2.05, 4.69) is 13.8 Å². The highest BCUT2D eigenvalue weighted by molar-refractivity contribution is 5.74. The summed E-state index contributed by atoms with van der Waals surface area (Å²) in [5, 5.41) is 0. The fourth-order valence-corrected chi connectivity index (χ4v) is 2.24. The lowest BCUT2D eigenvalue weighted by atomic mass is 9.76. The van der Waals surface area contributed by atoms with Crippen LogP contribution in [0.5, 0.6) is 0 Å². The Kier molecular flexibility index (Phi) is 4.82. The molecule has 1 saturated carbocycles. The van der Waals surface area contributed by atoms with E-state index in [4.69, 9.17) is 9.47 Å². The molecule has 0 bridgehead atoms. The molecular weight excluding hydrogens is 228 g/mol. The van der Waals surface area contributed by atoms with Crippen LogP contribution in [0.2, 0.25) is 0 Å². The summed E-state index contributed by atoms with van der Waals surface area (Å²) in [6.07, 6.45) is 4.16. The van der Waals surface area contributed by atoms with Gasteiger partial charge >= 0.3 is 5.97 Å². The van der Waals surface area contributed by atoms with Gasteiger partial charge in [-0.05, 0) is 58.8 Å². The normalized spacial score (nSPS) is 22.6. The van der Waals surface area contributed by atoms with Gasteiger partial charge in [-0.2, -0.15) is 0 Å². The molecular formula is C15H28O3. The summed E-state index contributed by atoms with van der Waals surface area (Å²) < 4.78 is 11.1. The summed E-state index contributed by atoms with van der Waals surface area (Å²) >= 11 is 0. The van der Waals surface area contributed by atoms with Crippen molar-refractivity contribution >= 4 is 5.97 Å². The molecule has 0 saturated heterocycles. The first-order chi connectivity index (χ1) is 8.09. The second kappa shape index (κ2) is 5.60. The van der Waals surface area contributed by atoms with E-state index in [1.807, 2.05) is 20.8 Å². The van der Waals surface area contributed by atoms with Gasteiger partial charge in [-0.3, -0.25) is 0 Å². The van der Waals surface area contributed by atoms with Crippen molar-refractivity contribution in [3.8, 4) is 0 Å². The van der Waals surface area contributed by atoms with Crippen LogP contribution < -0.4 is 0 Å². The van der Waals surface area contributed by atoms with Crippen molar-refractivity contribution in [2.45, 2.75) is 85.0 Å². The molecule has 1 aliphatic rings. The number of esters is 1. The largest absolute Gasteiger partial charge is 0.458 e. The van der Waals surface area contributed by atoms with Crippen LogP contribution in [-0.4, -0.2) is 23.8 Å². The molecule has 0 aromatic carbocycles. The molecule has 0 spiro atoms. The standard InChI is InChI=1S/C15H28O3/c1-11(13(16)18-14(2,3)4)17-12-7-9-15(5,6)10-8-12/h11-12H,7-10H2,1-6H3. The maximum Gasteiger partial charge on any atom is 0.335 e. The Bertz CT molecular complexity index is 279. The number of hydrogen-bond donors (Lipinski definition) is 0. The highest BCUT2D eigenvalue weighted by Gasteiger charge is 2.30. The molecule has 3 nitrogen and oxygen atoms in total. The van der Waals surface area contributed by atoms with Crippen LogP contribution in [-0.2, 0) is 14.3 Å². The number of hydrogen-bond acceptors (Lipinski definition) is 3. The van der Waals surface area contributed by atoms with E-state index in [-0.39, 0.29) is 12.1 Å². The fourth-order valence-electron chi connectivity index (χ4n) is 2.24. The van der Waals surface area contributed by atoms with Crippen molar-refractivity contribution in [1.82, 2.24) is 0 Å². The average molecular weight is 256 g/mol. The predicted molar refractivity (Wildman–Crippen MR) is 72.4 cm³/mol. The van der Waals surface area contributed by atoms with Gasteiger partial charge in [0.15, 0.2) is 6.10 Å². The lowest BCUT2D eigenvalue weighted by molar-refractivity contribution is -0.172. The van der Waals surface area contributed by atoms with Gasteiger partial charge in [-0.1, -0.05) is 13.8 Å². The van der Waals surface area contributed by atoms with Crippen molar-refractivity contribution in [1.29, 1.82) is 0 Å². The molecule has 0 N–H and O–H groups in total. The van der Waals surface area contributed by atoms with Crippen LogP contribution in [0.4, 0.5) is 0 Å². The Morgan fingerprint density at radius 3 is 2.17 bits per heavy atom. The van der Waals surface area contributed by atoms with Crippen LogP contribution in [0.1, 0.15) is 67.2 Å². The third-order valence-corrected chi connectivity index (χ3v) is 3.42. The Balaban J connectivity index is 2.37. The molecule has 1 unspecified atom stereocenters. The van der Waals surface area contributed by atoms with Crippen molar-refractivity contribution in [2.75, 3.05) is 0 Å². The van der Waals surface area contributed by atoms with Gasteiger partial charge < -0.3 is 9.47 Å². The monoisotopic (exact) mass is 256 g/mol. The third-order valence-electron chi connectivity index (χ3n) is 3.42. The van der Waals surface area contributed by atoms with Gasteiger partial charge in [0.05, 0.1) is 6.10 Å². The van der Waals surface area contributed by atoms with Crippen LogP contribution >= 0.6 is 0 Å². The maximum atomic E-state index is 11.8. The van der Waals surface area contributed by atoms with Crippen molar-refractivity contribution in [3.63, 3.8) is 0 Å². The van der Waals surface area contributed by atoms with E-state index in [1.165, 1.54) is 12.8 Å². The molecule has 0 aromatic heterocycles. The number of rotatable bonds is 3. The van der Waals surface area contributed by atoms with Crippen molar-refractivity contribution < 1.29 is 14.3 Å². The zero-order valence-corrected chi connectivity index (χ0v) is 12.7. The summed E-state index contributed by atoms with van der Waals surface area (Å²) in [5.41, 5.74) is -0.0156.